The lowest BCUT2D eigenvalue weighted by Crippen LogP contribution is -2.43. The van der Waals surface area contributed by atoms with E-state index in [-0.39, 0.29) is 30.0 Å². The van der Waals surface area contributed by atoms with E-state index in [9.17, 15) is 0 Å². The summed E-state index contributed by atoms with van der Waals surface area (Å²) in [7, 11) is 0. The Bertz CT molecular complexity index is 738. The number of halogens is 1. The van der Waals surface area contributed by atoms with Crippen molar-refractivity contribution in [2.24, 2.45) is 10.9 Å². The van der Waals surface area contributed by atoms with Crippen molar-refractivity contribution in [3.8, 4) is 0 Å². The van der Waals surface area contributed by atoms with Gasteiger partial charge in [-0.2, -0.15) is 0 Å². The molecule has 2 N–H and O–H groups in total. The highest BCUT2D eigenvalue weighted by molar-refractivity contribution is 14.0. The average Bonchev–Trinajstić information content (AvgIpc) is 3.48. The van der Waals surface area contributed by atoms with Gasteiger partial charge < -0.3 is 19.6 Å². The zero-order valence-corrected chi connectivity index (χ0v) is 20.7. The van der Waals surface area contributed by atoms with Crippen LogP contribution < -0.4 is 10.6 Å². The van der Waals surface area contributed by atoms with Gasteiger partial charge in [-0.05, 0) is 44.0 Å². The number of hydrogen-bond donors (Lipinski definition) is 2. The van der Waals surface area contributed by atoms with Crippen LogP contribution in [0.5, 0.6) is 0 Å². The van der Waals surface area contributed by atoms with Crippen LogP contribution >= 0.6 is 24.0 Å². The Hall–Kier alpha value is -1.62. The number of nitrogens with one attached hydrogen (secondary N) is 2. The molecule has 2 aromatic heterocycles. The SMILES string of the molecule is CCc1nncn1CCNC(=NCC(C)C)NCC(c1ccco1)N1CCCC1.I. The number of guanidine groups is 1. The molecule has 3 heterocycles. The van der Waals surface area contributed by atoms with Crippen LogP contribution in [0, 0.1) is 5.92 Å². The van der Waals surface area contributed by atoms with Crippen LogP contribution in [0.1, 0.15) is 51.2 Å². The minimum Gasteiger partial charge on any atom is -0.468 e. The van der Waals surface area contributed by atoms with Crippen molar-refractivity contribution in [1.82, 2.24) is 30.3 Å². The van der Waals surface area contributed by atoms with Gasteiger partial charge in [-0.25, -0.2) is 0 Å². The topological polar surface area (TPSA) is 83.5 Å². The third-order valence-electron chi connectivity index (χ3n) is 5.19. The summed E-state index contributed by atoms with van der Waals surface area (Å²) in [5, 5.41) is 15.2. The van der Waals surface area contributed by atoms with E-state index >= 15 is 0 Å². The summed E-state index contributed by atoms with van der Waals surface area (Å²) in [6, 6.07) is 4.26. The molecule has 30 heavy (non-hydrogen) atoms. The van der Waals surface area contributed by atoms with Crippen LogP contribution in [0.3, 0.4) is 0 Å². The molecule has 1 aliphatic heterocycles. The largest absolute Gasteiger partial charge is 0.468 e. The minimum atomic E-state index is 0. The molecule has 9 heteroatoms. The van der Waals surface area contributed by atoms with Gasteiger partial charge in [0.1, 0.15) is 17.9 Å². The van der Waals surface area contributed by atoms with E-state index < -0.39 is 0 Å². The standard InChI is InChI=1S/C21H35N7O.HI/c1-4-20-26-25-16-28(20)12-9-22-21(23-14-17(2)3)24-15-18(19-8-7-13-29-19)27-10-5-6-11-27;/h7-8,13,16-18H,4-6,9-12,14-15H2,1-3H3,(H2,22,23,24);1H. The number of aryl methyl sites for hydroxylation is 1. The molecule has 168 valence electrons. The van der Waals surface area contributed by atoms with Gasteiger partial charge in [-0.15, -0.1) is 34.2 Å². The molecule has 1 atom stereocenters. The van der Waals surface area contributed by atoms with Crippen LogP contribution in [-0.2, 0) is 13.0 Å². The number of likely N-dealkylation sites (tertiary alicyclic amines) is 1. The quantitative estimate of drug-likeness (QED) is 0.280. The van der Waals surface area contributed by atoms with Crippen LogP contribution in [0.15, 0.2) is 34.1 Å². The maximum Gasteiger partial charge on any atom is 0.191 e. The first kappa shape index (κ1) is 24.6. The number of aromatic nitrogens is 3. The smallest absolute Gasteiger partial charge is 0.191 e. The summed E-state index contributed by atoms with van der Waals surface area (Å²) in [6.07, 6.45) is 6.94. The van der Waals surface area contributed by atoms with Crippen LogP contribution in [0.25, 0.3) is 0 Å². The number of furan rings is 1. The monoisotopic (exact) mass is 529 g/mol. The van der Waals surface area contributed by atoms with Crippen molar-refractivity contribution in [2.45, 2.75) is 52.6 Å². The van der Waals surface area contributed by atoms with Crippen LogP contribution in [0.4, 0.5) is 0 Å². The minimum absolute atomic E-state index is 0. The molecule has 0 aliphatic carbocycles. The second kappa shape index (κ2) is 12.9. The molecule has 1 saturated heterocycles. The van der Waals surface area contributed by atoms with Gasteiger partial charge in [0, 0.05) is 32.6 Å². The first-order chi connectivity index (χ1) is 14.2. The van der Waals surface area contributed by atoms with Gasteiger partial charge in [0.05, 0.1) is 12.3 Å². The molecule has 0 radical (unpaired) electrons. The molecule has 1 fully saturated rings. The zero-order valence-electron chi connectivity index (χ0n) is 18.4. The van der Waals surface area contributed by atoms with Gasteiger partial charge >= 0.3 is 0 Å². The predicted molar refractivity (Wildman–Crippen MR) is 130 cm³/mol. The molecule has 3 rings (SSSR count). The summed E-state index contributed by atoms with van der Waals surface area (Å²) in [5.74, 6) is 3.38. The van der Waals surface area contributed by atoms with Gasteiger partial charge in [0.25, 0.3) is 0 Å². The summed E-state index contributed by atoms with van der Waals surface area (Å²) in [5.41, 5.74) is 0. The maximum absolute atomic E-state index is 5.74. The van der Waals surface area contributed by atoms with E-state index in [4.69, 9.17) is 9.41 Å². The van der Waals surface area contributed by atoms with Crippen LogP contribution in [-0.4, -0.2) is 58.3 Å². The summed E-state index contributed by atoms with van der Waals surface area (Å²) in [6.45, 7) is 11.8. The molecule has 0 amide bonds. The number of rotatable bonds is 10. The molecule has 1 unspecified atom stereocenters. The van der Waals surface area contributed by atoms with Gasteiger partial charge in [0.15, 0.2) is 5.96 Å². The Morgan fingerprint density at radius 2 is 2.07 bits per heavy atom. The lowest BCUT2D eigenvalue weighted by Gasteiger charge is -2.27. The van der Waals surface area contributed by atoms with E-state index in [1.807, 2.05) is 6.07 Å². The first-order valence-corrected chi connectivity index (χ1v) is 10.8. The molecule has 8 nitrogen and oxygen atoms in total. The molecular formula is C21H36IN7O. The Kier molecular flexibility index (Phi) is 10.6. The number of aliphatic imine (C=N–C) groups is 1. The highest BCUT2D eigenvalue weighted by atomic mass is 127. The first-order valence-electron chi connectivity index (χ1n) is 10.8. The fraction of sp³-hybridized carbons (Fsp3) is 0.667. The molecule has 0 bridgehead atoms. The number of nitrogens with zero attached hydrogens (tertiary/aromatic N) is 5. The predicted octanol–water partition coefficient (Wildman–Crippen LogP) is 3.08. The molecule has 1 aliphatic rings. The highest BCUT2D eigenvalue weighted by Gasteiger charge is 2.25. The van der Waals surface area contributed by atoms with Gasteiger partial charge in [0.2, 0.25) is 0 Å². The normalized spacial score (nSPS) is 15.9. The van der Waals surface area contributed by atoms with E-state index in [2.05, 4.69) is 57.1 Å². The lowest BCUT2D eigenvalue weighted by atomic mass is 10.2. The van der Waals surface area contributed by atoms with Crippen molar-refractivity contribution in [1.29, 1.82) is 0 Å². The van der Waals surface area contributed by atoms with Crippen molar-refractivity contribution in [3.05, 3.63) is 36.3 Å². The molecule has 0 saturated carbocycles. The fourth-order valence-electron chi connectivity index (χ4n) is 3.62. The maximum atomic E-state index is 5.74. The second-order valence-electron chi connectivity index (χ2n) is 7.96. The average molecular weight is 529 g/mol. The second-order valence-corrected chi connectivity index (χ2v) is 7.96. The molecular weight excluding hydrogens is 493 g/mol. The van der Waals surface area contributed by atoms with E-state index in [1.54, 1.807) is 12.6 Å². The van der Waals surface area contributed by atoms with Crippen LogP contribution in [0.2, 0.25) is 0 Å². The van der Waals surface area contributed by atoms with Crippen molar-refractivity contribution in [2.75, 3.05) is 32.7 Å². The summed E-state index contributed by atoms with van der Waals surface area (Å²) < 4.78 is 7.82. The highest BCUT2D eigenvalue weighted by Crippen LogP contribution is 2.24. The van der Waals surface area contributed by atoms with E-state index in [0.717, 1.165) is 63.2 Å². The molecule has 2 aromatic rings. The van der Waals surface area contributed by atoms with Gasteiger partial charge in [-0.1, -0.05) is 20.8 Å². The van der Waals surface area contributed by atoms with Crippen molar-refractivity contribution < 1.29 is 4.42 Å². The van der Waals surface area contributed by atoms with Crippen molar-refractivity contribution in [3.63, 3.8) is 0 Å². The third kappa shape index (κ3) is 7.26. The Labute approximate surface area is 196 Å². The Balaban J connectivity index is 0.00000320. The summed E-state index contributed by atoms with van der Waals surface area (Å²) >= 11 is 0. The van der Waals surface area contributed by atoms with Gasteiger partial charge in [-0.3, -0.25) is 9.89 Å². The zero-order chi connectivity index (χ0) is 20.5. The summed E-state index contributed by atoms with van der Waals surface area (Å²) in [4.78, 5) is 7.27. The van der Waals surface area contributed by atoms with E-state index in [1.165, 1.54) is 12.8 Å². The molecule has 0 spiro atoms. The van der Waals surface area contributed by atoms with E-state index in [0.29, 0.717) is 5.92 Å². The Morgan fingerprint density at radius 3 is 2.73 bits per heavy atom. The lowest BCUT2D eigenvalue weighted by molar-refractivity contribution is 0.215. The Morgan fingerprint density at radius 1 is 1.27 bits per heavy atom. The number of hydrogen-bond acceptors (Lipinski definition) is 5. The third-order valence-corrected chi connectivity index (χ3v) is 5.19. The fourth-order valence-corrected chi connectivity index (χ4v) is 3.62. The van der Waals surface area contributed by atoms with Crippen molar-refractivity contribution >= 4 is 29.9 Å². The molecule has 0 aromatic carbocycles.